The lowest BCUT2D eigenvalue weighted by Crippen LogP contribution is -2.23. The number of halogens is 1. The molecule has 2 heterocycles. The van der Waals surface area contributed by atoms with Crippen molar-refractivity contribution in [1.29, 1.82) is 0 Å². The van der Waals surface area contributed by atoms with Crippen LogP contribution in [0.5, 0.6) is 0 Å². The van der Waals surface area contributed by atoms with Crippen LogP contribution in [-0.2, 0) is 6.54 Å². The van der Waals surface area contributed by atoms with E-state index in [0.717, 1.165) is 11.8 Å². The number of amides is 1. The Kier molecular flexibility index (Phi) is 2.95. The van der Waals surface area contributed by atoms with Gasteiger partial charge in [-0.25, -0.2) is 4.39 Å². The van der Waals surface area contributed by atoms with Gasteiger partial charge < -0.3 is 9.73 Å². The summed E-state index contributed by atoms with van der Waals surface area (Å²) < 4.78 is 18.0. The van der Waals surface area contributed by atoms with Crippen LogP contribution in [0.25, 0.3) is 0 Å². The highest BCUT2D eigenvalue weighted by atomic mass is 19.1. The Balaban J connectivity index is 2.01. The molecule has 4 nitrogen and oxygen atoms in total. The Morgan fingerprint density at radius 3 is 3.06 bits per heavy atom. The van der Waals surface area contributed by atoms with Crippen LogP contribution in [0.3, 0.4) is 0 Å². The van der Waals surface area contributed by atoms with E-state index in [2.05, 4.69) is 10.3 Å². The van der Waals surface area contributed by atoms with Crippen LogP contribution in [0, 0.1) is 5.82 Å². The van der Waals surface area contributed by atoms with E-state index in [1.54, 1.807) is 6.07 Å². The summed E-state index contributed by atoms with van der Waals surface area (Å²) in [6, 6.07) is 3.06. The quantitative estimate of drug-likeness (QED) is 0.857. The summed E-state index contributed by atoms with van der Waals surface area (Å²) in [7, 11) is 0. The monoisotopic (exact) mass is 220 g/mol. The molecule has 0 aliphatic rings. The lowest BCUT2D eigenvalue weighted by Gasteiger charge is -2.03. The van der Waals surface area contributed by atoms with E-state index in [9.17, 15) is 9.18 Å². The average Bonchev–Trinajstić information content (AvgIpc) is 2.79. The van der Waals surface area contributed by atoms with Gasteiger partial charge in [0.25, 0.3) is 5.91 Å². The molecule has 0 saturated heterocycles. The van der Waals surface area contributed by atoms with E-state index in [1.807, 2.05) is 0 Å². The van der Waals surface area contributed by atoms with Crippen molar-refractivity contribution in [3.05, 3.63) is 54.0 Å². The van der Waals surface area contributed by atoms with Crippen molar-refractivity contribution in [2.24, 2.45) is 0 Å². The van der Waals surface area contributed by atoms with Crippen LogP contribution in [0.1, 0.15) is 15.9 Å². The molecule has 0 aliphatic carbocycles. The number of pyridine rings is 1. The zero-order valence-corrected chi connectivity index (χ0v) is 8.31. The molecular formula is C11H9FN2O2. The van der Waals surface area contributed by atoms with Crippen molar-refractivity contribution in [3.63, 3.8) is 0 Å². The fraction of sp³-hybridized carbons (Fsp3) is 0.0909. The van der Waals surface area contributed by atoms with Gasteiger partial charge in [0.15, 0.2) is 5.82 Å². The van der Waals surface area contributed by atoms with Crippen molar-refractivity contribution >= 4 is 5.91 Å². The topological polar surface area (TPSA) is 55.1 Å². The molecule has 5 heteroatoms. The summed E-state index contributed by atoms with van der Waals surface area (Å²) in [6.07, 6.45) is 5.40. The average molecular weight is 220 g/mol. The van der Waals surface area contributed by atoms with Crippen molar-refractivity contribution in [3.8, 4) is 0 Å². The molecule has 0 saturated carbocycles. The third-order valence-corrected chi connectivity index (χ3v) is 2.05. The third-order valence-electron chi connectivity index (χ3n) is 2.05. The van der Waals surface area contributed by atoms with Crippen LogP contribution in [0.4, 0.5) is 4.39 Å². The van der Waals surface area contributed by atoms with E-state index in [-0.39, 0.29) is 5.56 Å². The van der Waals surface area contributed by atoms with Crippen LogP contribution < -0.4 is 5.32 Å². The number of hydrogen-bond donors (Lipinski definition) is 1. The zero-order valence-electron chi connectivity index (χ0n) is 8.31. The molecule has 0 fully saturated rings. The zero-order chi connectivity index (χ0) is 11.4. The summed E-state index contributed by atoms with van der Waals surface area (Å²) >= 11 is 0. The number of furan rings is 1. The van der Waals surface area contributed by atoms with E-state index in [0.29, 0.717) is 6.54 Å². The molecule has 2 aromatic heterocycles. The number of rotatable bonds is 3. The van der Waals surface area contributed by atoms with Gasteiger partial charge >= 0.3 is 0 Å². The Bertz CT molecular complexity index is 482. The first kappa shape index (κ1) is 10.4. The maximum absolute atomic E-state index is 13.2. The fourth-order valence-corrected chi connectivity index (χ4v) is 1.23. The van der Waals surface area contributed by atoms with Crippen molar-refractivity contribution < 1.29 is 13.6 Å². The Hall–Kier alpha value is -2.17. The van der Waals surface area contributed by atoms with Gasteiger partial charge in [-0.1, -0.05) is 0 Å². The lowest BCUT2D eigenvalue weighted by atomic mass is 10.2. The molecule has 1 N–H and O–H groups in total. The predicted molar refractivity (Wildman–Crippen MR) is 54.1 cm³/mol. The maximum atomic E-state index is 13.2. The highest BCUT2D eigenvalue weighted by Gasteiger charge is 2.10. The Morgan fingerprint density at radius 2 is 2.38 bits per heavy atom. The molecule has 82 valence electrons. The summed E-state index contributed by atoms with van der Waals surface area (Å²) in [5.74, 6) is -1.10. The first-order valence-electron chi connectivity index (χ1n) is 4.66. The SMILES string of the molecule is O=C(NCc1ccoc1)c1ccncc1F. The van der Waals surface area contributed by atoms with E-state index in [1.165, 1.54) is 24.8 Å². The molecule has 1 amide bonds. The Morgan fingerprint density at radius 1 is 1.50 bits per heavy atom. The number of carbonyl (C=O) groups is 1. The van der Waals surface area contributed by atoms with Crippen LogP contribution in [0.2, 0.25) is 0 Å². The molecule has 0 spiro atoms. The van der Waals surface area contributed by atoms with Crippen LogP contribution >= 0.6 is 0 Å². The third kappa shape index (κ3) is 2.25. The minimum atomic E-state index is -0.632. The van der Waals surface area contributed by atoms with Crippen molar-refractivity contribution in [2.75, 3.05) is 0 Å². The molecule has 0 bridgehead atoms. The van der Waals surface area contributed by atoms with Gasteiger partial charge in [-0.05, 0) is 12.1 Å². The fourth-order valence-electron chi connectivity index (χ4n) is 1.23. The van der Waals surface area contributed by atoms with Gasteiger partial charge in [0.1, 0.15) is 0 Å². The summed E-state index contributed by atoms with van der Waals surface area (Å²) in [5, 5.41) is 2.58. The summed E-state index contributed by atoms with van der Waals surface area (Å²) in [5.41, 5.74) is 0.807. The molecule has 0 aliphatic heterocycles. The first-order chi connectivity index (χ1) is 7.77. The number of aromatic nitrogens is 1. The first-order valence-corrected chi connectivity index (χ1v) is 4.66. The van der Waals surface area contributed by atoms with Gasteiger partial charge in [0.2, 0.25) is 0 Å². The van der Waals surface area contributed by atoms with E-state index in [4.69, 9.17) is 4.42 Å². The molecule has 16 heavy (non-hydrogen) atoms. The minimum Gasteiger partial charge on any atom is -0.472 e. The number of hydrogen-bond acceptors (Lipinski definition) is 3. The van der Waals surface area contributed by atoms with Crippen LogP contribution in [-0.4, -0.2) is 10.9 Å². The van der Waals surface area contributed by atoms with Gasteiger partial charge in [0, 0.05) is 18.3 Å². The number of nitrogens with one attached hydrogen (secondary N) is 1. The number of nitrogens with zero attached hydrogens (tertiary/aromatic N) is 1. The molecule has 0 radical (unpaired) electrons. The van der Waals surface area contributed by atoms with Crippen molar-refractivity contribution in [1.82, 2.24) is 10.3 Å². The van der Waals surface area contributed by atoms with E-state index >= 15 is 0 Å². The predicted octanol–water partition coefficient (Wildman–Crippen LogP) is 1.74. The van der Waals surface area contributed by atoms with Crippen LogP contribution in [0.15, 0.2) is 41.5 Å². The molecule has 0 atom stereocenters. The van der Waals surface area contributed by atoms with Gasteiger partial charge in [0.05, 0.1) is 24.3 Å². The molecular weight excluding hydrogens is 211 g/mol. The highest BCUT2D eigenvalue weighted by molar-refractivity contribution is 5.94. The van der Waals surface area contributed by atoms with Gasteiger partial charge in [-0.15, -0.1) is 0 Å². The van der Waals surface area contributed by atoms with E-state index < -0.39 is 11.7 Å². The molecule has 0 unspecified atom stereocenters. The Labute approximate surface area is 91.1 Å². The normalized spacial score (nSPS) is 10.1. The highest BCUT2D eigenvalue weighted by Crippen LogP contribution is 2.05. The standard InChI is InChI=1S/C11H9FN2O2/c12-10-6-13-3-1-9(10)11(15)14-5-8-2-4-16-7-8/h1-4,6-7H,5H2,(H,14,15). The minimum absolute atomic E-state index is 0.0153. The maximum Gasteiger partial charge on any atom is 0.254 e. The summed E-state index contributed by atoms with van der Waals surface area (Å²) in [6.45, 7) is 0.303. The largest absolute Gasteiger partial charge is 0.472 e. The number of carbonyl (C=O) groups excluding carboxylic acids is 1. The second kappa shape index (κ2) is 4.57. The molecule has 2 rings (SSSR count). The summed E-state index contributed by atoms with van der Waals surface area (Å²) in [4.78, 5) is 15.1. The lowest BCUT2D eigenvalue weighted by molar-refractivity contribution is 0.0946. The second-order valence-electron chi connectivity index (χ2n) is 3.17. The van der Waals surface area contributed by atoms with Gasteiger partial charge in [-0.3, -0.25) is 9.78 Å². The van der Waals surface area contributed by atoms with Gasteiger partial charge in [-0.2, -0.15) is 0 Å². The smallest absolute Gasteiger partial charge is 0.254 e. The van der Waals surface area contributed by atoms with Crippen molar-refractivity contribution in [2.45, 2.75) is 6.54 Å². The molecule has 0 aromatic carbocycles. The second-order valence-corrected chi connectivity index (χ2v) is 3.17. The molecule has 2 aromatic rings.